The Balaban J connectivity index is 0.00000225. The van der Waals surface area contributed by atoms with E-state index in [1.54, 1.807) is 4.90 Å². The number of rotatable bonds is 6. The van der Waals surface area contributed by atoms with Gasteiger partial charge in [0.25, 0.3) is 0 Å². The van der Waals surface area contributed by atoms with Crippen molar-refractivity contribution in [1.82, 2.24) is 20.2 Å². The first-order valence-electron chi connectivity index (χ1n) is 9.81. The Morgan fingerprint density at radius 2 is 2.07 bits per heavy atom. The first kappa shape index (κ1) is 25.9. The summed E-state index contributed by atoms with van der Waals surface area (Å²) < 4.78 is 0. The Kier molecular flexibility index (Phi) is 9.81. The maximum atomic E-state index is 12.7. The molecule has 2 heterocycles. The van der Waals surface area contributed by atoms with Crippen LogP contribution in [-0.4, -0.2) is 45.8 Å². The summed E-state index contributed by atoms with van der Waals surface area (Å²) in [5.74, 6) is 0.407. The maximum Gasteiger partial charge on any atom is 0.242 e. The number of nitrogens with zero attached hydrogens (tertiary/aromatic N) is 2. The van der Waals surface area contributed by atoms with Crippen molar-refractivity contribution in [2.24, 2.45) is 11.7 Å². The molecule has 0 bridgehead atoms. The molecule has 1 aliphatic heterocycles. The number of nitrogens with one attached hydrogen (secondary N) is 2. The molecule has 1 fully saturated rings. The number of carbonyl (C=O) groups is 2. The van der Waals surface area contributed by atoms with Crippen LogP contribution >= 0.6 is 24.8 Å². The molecule has 1 saturated heterocycles. The van der Waals surface area contributed by atoms with Gasteiger partial charge in [-0.15, -0.1) is 24.8 Å². The highest BCUT2D eigenvalue weighted by Gasteiger charge is 2.32. The molecule has 2 aromatic rings. The SMILES string of the molecule is Cc1cccc(-c2cnc(C3CCCN3C(=O)CNC(=O)[C@@H](N)C(C)C)[nH]2)c1.Cl.Cl. The number of imidazole rings is 1. The minimum absolute atomic E-state index is 0. The summed E-state index contributed by atoms with van der Waals surface area (Å²) in [5, 5.41) is 2.66. The van der Waals surface area contributed by atoms with Crippen LogP contribution in [0.25, 0.3) is 11.3 Å². The van der Waals surface area contributed by atoms with Crippen molar-refractivity contribution in [2.75, 3.05) is 13.1 Å². The van der Waals surface area contributed by atoms with Crippen molar-refractivity contribution in [2.45, 2.75) is 45.7 Å². The fourth-order valence-corrected chi connectivity index (χ4v) is 3.50. The summed E-state index contributed by atoms with van der Waals surface area (Å²) in [6, 6.07) is 7.50. The largest absolute Gasteiger partial charge is 0.346 e. The molecule has 30 heavy (non-hydrogen) atoms. The van der Waals surface area contributed by atoms with Gasteiger partial charge in [0.2, 0.25) is 11.8 Å². The molecule has 166 valence electrons. The molecular formula is C21H31Cl2N5O2. The summed E-state index contributed by atoms with van der Waals surface area (Å²) in [6.45, 7) is 6.44. The topological polar surface area (TPSA) is 104 Å². The van der Waals surface area contributed by atoms with Gasteiger partial charge in [-0.2, -0.15) is 0 Å². The average Bonchev–Trinajstić information content (AvgIpc) is 3.34. The Bertz CT molecular complexity index is 855. The Labute approximate surface area is 190 Å². The van der Waals surface area contributed by atoms with Crippen molar-refractivity contribution < 1.29 is 9.59 Å². The van der Waals surface area contributed by atoms with E-state index in [9.17, 15) is 9.59 Å². The van der Waals surface area contributed by atoms with Crippen LogP contribution in [0.5, 0.6) is 0 Å². The molecule has 0 saturated carbocycles. The third-order valence-electron chi connectivity index (χ3n) is 5.25. The van der Waals surface area contributed by atoms with Crippen molar-refractivity contribution in [3.8, 4) is 11.3 Å². The van der Waals surface area contributed by atoms with E-state index >= 15 is 0 Å². The van der Waals surface area contributed by atoms with E-state index < -0.39 is 6.04 Å². The molecule has 0 spiro atoms. The van der Waals surface area contributed by atoms with Gasteiger partial charge < -0.3 is 20.9 Å². The lowest BCUT2D eigenvalue weighted by Crippen LogP contribution is -2.47. The highest BCUT2D eigenvalue weighted by Crippen LogP contribution is 2.31. The minimum Gasteiger partial charge on any atom is -0.346 e. The molecule has 2 amide bonds. The highest BCUT2D eigenvalue weighted by molar-refractivity contribution is 5.87. The normalized spacial score (nSPS) is 16.6. The van der Waals surface area contributed by atoms with Gasteiger partial charge in [-0.3, -0.25) is 9.59 Å². The number of benzene rings is 1. The van der Waals surface area contributed by atoms with Gasteiger partial charge in [-0.05, 0) is 37.3 Å². The number of aryl methyl sites for hydroxylation is 1. The summed E-state index contributed by atoms with van der Waals surface area (Å²) >= 11 is 0. The van der Waals surface area contributed by atoms with E-state index in [1.165, 1.54) is 5.56 Å². The van der Waals surface area contributed by atoms with Crippen LogP contribution in [0, 0.1) is 12.8 Å². The smallest absolute Gasteiger partial charge is 0.242 e. The Morgan fingerprint density at radius 3 is 2.73 bits per heavy atom. The van der Waals surface area contributed by atoms with Crippen LogP contribution in [0.4, 0.5) is 0 Å². The maximum absolute atomic E-state index is 12.7. The van der Waals surface area contributed by atoms with E-state index in [4.69, 9.17) is 5.73 Å². The van der Waals surface area contributed by atoms with Gasteiger partial charge in [-0.25, -0.2) is 4.98 Å². The van der Waals surface area contributed by atoms with Crippen molar-refractivity contribution in [3.63, 3.8) is 0 Å². The molecule has 0 aliphatic carbocycles. The predicted octanol–water partition coefficient (Wildman–Crippen LogP) is 2.99. The Morgan fingerprint density at radius 1 is 1.33 bits per heavy atom. The van der Waals surface area contributed by atoms with Gasteiger partial charge in [0.1, 0.15) is 5.82 Å². The summed E-state index contributed by atoms with van der Waals surface area (Å²) in [5.41, 5.74) is 9.03. The molecule has 1 aliphatic rings. The minimum atomic E-state index is -0.607. The molecule has 0 radical (unpaired) electrons. The molecule has 2 atom stereocenters. The quantitative estimate of drug-likeness (QED) is 0.622. The van der Waals surface area contributed by atoms with E-state index in [0.29, 0.717) is 6.54 Å². The number of amides is 2. The number of hydrogen-bond donors (Lipinski definition) is 3. The molecule has 1 aromatic carbocycles. The van der Waals surface area contributed by atoms with E-state index in [1.807, 2.05) is 32.2 Å². The fourth-order valence-electron chi connectivity index (χ4n) is 3.50. The van der Waals surface area contributed by atoms with Gasteiger partial charge in [0, 0.05) is 6.54 Å². The number of H-pyrrole nitrogens is 1. The number of hydrogen-bond acceptors (Lipinski definition) is 4. The van der Waals surface area contributed by atoms with E-state index in [0.717, 1.165) is 29.9 Å². The second kappa shape index (κ2) is 11.3. The summed E-state index contributed by atoms with van der Waals surface area (Å²) in [6.07, 6.45) is 3.58. The molecule has 7 nitrogen and oxygen atoms in total. The highest BCUT2D eigenvalue weighted by atomic mass is 35.5. The van der Waals surface area contributed by atoms with Crippen molar-refractivity contribution in [1.29, 1.82) is 0 Å². The number of carbonyl (C=O) groups excluding carboxylic acids is 2. The number of aromatic nitrogens is 2. The van der Waals surface area contributed by atoms with Crippen LogP contribution in [0.15, 0.2) is 30.5 Å². The molecule has 4 N–H and O–H groups in total. The third kappa shape index (κ3) is 5.97. The molecular weight excluding hydrogens is 425 g/mol. The van der Waals surface area contributed by atoms with Crippen molar-refractivity contribution >= 4 is 36.6 Å². The number of aromatic amines is 1. The van der Waals surface area contributed by atoms with Crippen LogP contribution in [0.1, 0.15) is 44.1 Å². The number of nitrogens with two attached hydrogens (primary N) is 1. The van der Waals surface area contributed by atoms with Crippen LogP contribution in [-0.2, 0) is 9.59 Å². The lowest BCUT2D eigenvalue weighted by Gasteiger charge is -2.24. The fraction of sp³-hybridized carbons (Fsp3) is 0.476. The third-order valence-corrected chi connectivity index (χ3v) is 5.25. The van der Waals surface area contributed by atoms with Crippen LogP contribution in [0.2, 0.25) is 0 Å². The average molecular weight is 456 g/mol. The standard InChI is InChI=1S/C21H29N5O2.2ClH/c1-13(2)19(22)21(28)24-12-18(27)26-9-5-8-17(26)20-23-11-16(25-20)15-7-4-6-14(3)10-15;;/h4,6-7,10-11,13,17,19H,5,8-9,12,22H2,1-3H3,(H,23,25)(H,24,28);2*1H/t17?,19-;;/m0../s1. The summed E-state index contributed by atoms with van der Waals surface area (Å²) in [4.78, 5) is 34.4. The van der Waals surface area contributed by atoms with E-state index in [2.05, 4.69) is 34.3 Å². The van der Waals surface area contributed by atoms with Gasteiger partial charge >= 0.3 is 0 Å². The molecule has 9 heteroatoms. The first-order valence-corrected chi connectivity index (χ1v) is 9.81. The molecule has 1 unspecified atom stereocenters. The lowest BCUT2D eigenvalue weighted by atomic mass is 10.1. The zero-order valence-electron chi connectivity index (χ0n) is 17.6. The molecule has 3 rings (SSSR count). The monoisotopic (exact) mass is 455 g/mol. The van der Waals surface area contributed by atoms with Gasteiger partial charge in [0.15, 0.2) is 0 Å². The zero-order chi connectivity index (χ0) is 20.3. The van der Waals surface area contributed by atoms with Crippen molar-refractivity contribution in [3.05, 3.63) is 41.9 Å². The lowest BCUT2D eigenvalue weighted by molar-refractivity contribution is -0.134. The zero-order valence-corrected chi connectivity index (χ0v) is 19.2. The molecule has 1 aromatic heterocycles. The Hall–Kier alpha value is -2.09. The predicted molar refractivity (Wildman–Crippen MR) is 123 cm³/mol. The van der Waals surface area contributed by atoms with Crippen LogP contribution < -0.4 is 11.1 Å². The van der Waals surface area contributed by atoms with Gasteiger partial charge in [-0.1, -0.05) is 37.6 Å². The second-order valence-electron chi connectivity index (χ2n) is 7.78. The number of likely N-dealkylation sites (tertiary alicyclic amines) is 1. The second-order valence-corrected chi connectivity index (χ2v) is 7.78. The van der Waals surface area contributed by atoms with Crippen LogP contribution in [0.3, 0.4) is 0 Å². The summed E-state index contributed by atoms with van der Waals surface area (Å²) in [7, 11) is 0. The van der Waals surface area contributed by atoms with E-state index in [-0.39, 0.29) is 55.1 Å². The van der Waals surface area contributed by atoms with Gasteiger partial charge in [0.05, 0.1) is 30.5 Å². The number of halogens is 2. The first-order chi connectivity index (χ1) is 13.4.